The first-order valence-corrected chi connectivity index (χ1v) is 10.1. The van der Waals surface area contributed by atoms with Crippen LogP contribution in [0.15, 0.2) is 23.2 Å². The highest BCUT2D eigenvalue weighted by Gasteiger charge is 2.20. The number of rotatable bonds is 7. The van der Waals surface area contributed by atoms with E-state index in [1.165, 1.54) is 23.5 Å². The third kappa shape index (κ3) is 5.96. The predicted octanol–water partition coefficient (Wildman–Crippen LogP) is 3.94. The van der Waals surface area contributed by atoms with Crippen molar-refractivity contribution in [2.75, 3.05) is 20.2 Å². The fraction of sp³-hybridized carbons (Fsp3) is 0.450. The van der Waals surface area contributed by atoms with Crippen LogP contribution in [0.2, 0.25) is 0 Å². The lowest BCUT2D eigenvalue weighted by Gasteiger charge is -2.19. The lowest BCUT2D eigenvalue weighted by atomic mass is 10.0. The van der Waals surface area contributed by atoms with Crippen LogP contribution in [0.3, 0.4) is 0 Å². The molecule has 0 aliphatic rings. The molecule has 1 heterocycles. The van der Waals surface area contributed by atoms with E-state index in [2.05, 4.69) is 20.6 Å². The van der Waals surface area contributed by atoms with Crippen molar-refractivity contribution in [2.24, 2.45) is 4.99 Å². The van der Waals surface area contributed by atoms with Gasteiger partial charge in [0.1, 0.15) is 21.5 Å². The molecule has 0 fully saturated rings. The SMILES string of the molecule is CCOC(=O)c1sc(C(C)NC(=NC)NCC(C)c2ccc(F)cc2F)nc1C. The molecular formula is C20H26F2N4O2S. The highest BCUT2D eigenvalue weighted by Crippen LogP contribution is 2.24. The summed E-state index contributed by atoms with van der Waals surface area (Å²) in [6.07, 6.45) is 0. The Labute approximate surface area is 173 Å². The minimum absolute atomic E-state index is 0.193. The molecule has 2 atom stereocenters. The third-order valence-corrected chi connectivity index (χ3v) is 5.61. The number of nitrogens with zero attached hydrogens (tertiary/aromatic N) is 2. The van der Waals surface area contributed by atoms with Crippen molar-refractivity contribution in [2.45, 2.75) is 39.7 Å². The van der Waals surface area contributed by atoms with Crippen molar-refractivity contribution in [1.29, 1.82) is 0 Å². The summed E-state index contributed by atoms with van der Waals surface area (Å²) < 4.78 is 32.1. The number of guanidine groups is 1. The van der Waals surface area contributed by atoms with Crippen molar-refractivity contribution < 1.29 is 18.3 Å². The number of benzene rings is 1. The van der Waals surface area contributed by atoms with E-state index in [0.29, 0.717) is 35.2 Å². The zero-order valence-electron chi connectivity index (χ0n) is 17.2. The van der Waals surface area contributed by atoms with E-state index in [0.717, 1.165) is 11.1 Å². The number of esters is 1. The van der Waals surface area contributed by atoms with Crippen molar-refractivity contribution in [3.63, 3.8) is 0 Å². The summed E-state index contributed by atoms with van der Waals surface area (Å²) in [5.41, 5.74) is 1.05. The molecule has 29 heavy (non-hydrogen) atoms. The number of hydrogen-bond acceptors (Lipinski definition) is 5. The molecule has 0 bridgehead atoms. The van der Waals surface area contributed by atoms with Gasteiger partial charge in [0.25, 0.3) is 0 Å². The molecule has 2 unspecified atom stereocenters. The van der Waals surface area contributed by atoms with Crippen molar-refractivity contribution in [1.82, 2.24) is 15.6 Å². The van der Waals surface area contributed by atoms with Crippen molar-refractivity contribution >= 4 is 23.3 Å². The van der Waals surface area contributed by atoms with E-state index in [9.17, 15) is 13.6 Å². The van der Waals surface area contributed by atoms with Gasteiger partial charge in [0.05, 0.1) is 18.3 Å². The Morgan fingerprint density at radius 1 is 1.34 bits per heavy atom. The summed E-state index contributed by atoms with van der Waals surface area (Å²) in [6, 6.07) is 3.37. The topological polar surface area (TPSA) is 75.6 Å². The fourth-order valence-corrected chi connectivity index (χ4v) is 3.67. The molecule has 0 aliphatic heterocycles. The number of thiazole rings is 1. The molecular weight excluding hydrogens is 398 g/mol. The van der Waals surface area contributed by atoms with Gasteiger partial charge in [-0.15, -0.1) is 11.3 Å². The molecule has 0 amide bonds. The van der Waals surface area contributed by atoms with Crippen LogP contribution in [-0.2, 0) is 4.74 Å². The largest absolute Gasteiger partial charge is 0.462 e. The zero-order valence-corrected chi connectivity index (χ0v) is 18.0. The molecule has 0 saturated heterocycles. The number of carbonyl (C=O) groups excluding carboxylic acids is 1. The summed E-state index contributed by atoms with van der Waals surface area (Å²) in [5.74, 6) is -1.22. The lowest BCUT2D eigenvalue weighted by molar-refractivity contribution is 0.0531. The minimum atomic E-state index is -0.598. The first-order chi connectivity index (χ1) is 13.8. The third-order valence-electron chi connectivity index (χ3n) is 4.29. The van der Waals surface area contributed by atoms with Crippen LogP contribution in [0, 0.1) is 18.6 Å². The average molecular weight is 425 g/mol. The molecule has 1 aromatic heterocycles. The summed E-state index contributed by atoms with van der Waals surface area (Å²) in [5, 5.41) is 7.07. The van der Waals surface area contributed by atoms with Gasteiger partial charge in [-0.25, -0.2) is 18.6 Å². The molecule has 0 radical (unpaired) electrons. The maximum atomic E-state index is 13.9. The molecule has 0 aliphatic carbocycles. The van der Waals surface area contributed by atoms with Crippen molar-refractivity contribution in [3.8, 4) is 0 Å². The highest BCUT2D eigenvalue weighted by molar-refractivity contribution is 7.13. The smallest absolute Gasteiger partial charge is 0.350 e. The number of halogens is 2. The van der Waals surface area contributed by atoms with E-state index in [4.69, 9.17) is 4.74 Å². The van der Waals surface area contributed by atoms with E-state index < -0.39 is 11.6 Å². The maximum absolute atomic E-state index is 13.9. The van der Waals surface area contributed by atoms with Gasteiger partial charge in [-0.3, -0.25) is 4.99 Å². The van der Waals surface area contributed by atoms with Gasteiger partial charge in [0.15, 0.2) is 5.96 Å². The fourth-order valence-electron chi connectivity index (χ4n) is 2.71. The first-order valence-electron chi connectivity index (χ1n) is 9.33. The lowest BCUT2D eigenvalue weighted by Crippen LogP contribution is -2.40. The maximum Gasteiger partial charge on any atom is 0.350 e. The highest BCUT2D eigenvalue weighted by atomic mass is 32.1. The monoisotopic (exact) mass is 424 g/mol. The number of nitrogens with one attached hydrogen (secondary N) is 2. The first kappa shape index (κ1) is 22.7. The van der Waals surface area contributed by atoms with E-state index in [1.807, 2.05) is 13.8 Å². The second-order valence-electron chi connectivity index (χ2n) is 6.57. The predicted molar refractivity (Wildman–Crippen MR) is 110 cm³/mol. The number of hydrogen-bond donors (Lipinski definition) is 2. The van der Waals surface area contributed by atoms with Crippen LogP contribution >= 0.6 is 11.3 Å². The van der Waals surface area contributed by atoms with E-state index in [1.54, 1.807) is 20.9 Å². The normalized spacial score (nSPS) is 13.7. The van der Waals surface area contributed by atoms with Crippen LogP contribution in [0.1, 0.15) is 58.7 Å². The Balaban J connectivity index is 1.99. The molecule has 0 saturated carbocycles. The van der Waals surface area contributed by atoms with Gasteiger partial charge in [0, 0.05) is 25.6 Å². The van der Waals surface area contributed by atoms with Gasteiger partial charge in [0.2, 0.25) is 0 Å². The number of aryl methyl sites for hydroxylation is 1. The van der Waals surface area contributed by atoms with Gasteiger partial charge >= 0.3 is 5.97 Å². The Morgan fingerprint density at radius 2 is 2.07 bits per heavy atom. The molecule has 2 rings (SSSR count). The summed E-state index contributed by atoms with van der Waals surface area (Å²) in [6.45, 7) is 7.99. The van der Waals surface area contributed by atoms with Crippen LogP contribution in [-0.4, -0.2) is 37.1 Å². The van der Waals surface area contributed by atoms with Crippen LogP contribution in [0.25, 0.3) is 0 Å². The molecule has 2 N–H and O–H groups in total. The van der Waals surface area contributed by atoms with Gasteiger partial charge in [-0.2, -0.15) is 0 Å². The van der Waals surface area contributed by atoms with Gasteiger partial charge < -0.3 is 15.4 Å². The Kier molecular flexibility index (Phi) is 8.07. The van der Waals surface area contributed by atoms with Crippen LogP contribution in [0.5, 0.6) is 0 Å². The zero-order chi connectivity index (χ0) is 21.6. The quantitative estimate of drug-likeness (QED) is 0.400. The van der Waals surface area contributed by atoms with E-state index >= 15 is 0 Å². The number of carbonyl (C=O) groups is 1. The second-order valence-corrected chi connectivity index (χ2v) is 7.60. The van der Waals surface area contributed by atoms with Crippen molar-refractivity contribution in [3.05, 3.63) is 51.0 Å². The standard InChI is InChI=1S/C20H26F2N4O2S/c1-6-28-19(27)17-12(3)25-18(29-17)13(4)26-20(23-5)24-10-11(2)15-8-7-14(21)9-16(15)22/h7-9,11,13H,6,10H2,1-5H3,(H2,23,24,26). The Morgan fingerprint density at radius 3 is 2.69 bits per heavy atom. The summed E-state index contributed by atoms with van der Waals surface area (Å²) in [4.78, 5) is 21.1. The number of aromatic nitrogens is 1. The molecule has 158 valence electrons. The number of ether oxygens (including phenoxy) is 1. The van der Waals surface area contributed by atoms with Crippen LogP contribution in [0.4, 0.5) is 8.78 Å². The molecule has 2 aromatic rings. The molecule has 0 spiro atoms. The summed E-state index contributed by atoms with van der Waals surface area (Å²) in [7, 11) is 1.63. The number of aliphatic imine (C=N–C) groups is 1. The molecule has 1 aromatic carbocycles. The van der Waals surface area contributed by atoms with Gasteiger partial charge in [-0.05, 0) is 32.4 Å². The van der Waals surface area contributed by atoms with Crippen LogP contribution < -0.4 is 10.6 Å². The molecule has 9 heteroatoms. The van der Waals surface area contributed by atoms with E-state index in [-0.39, 0.29) is 17.9 Å². The Hall–Kier alpha value is -2.55. The second kappa shape index (κ2) is 10.3. The average Bonchev–Trinajstić information content (AvgIpc) is 3.06. The Bertz CT molecular complexity index is 885. The van der Waals surface area contributed by atoms with Gasteiger partial charge in [-0.1, -0.05) is 13.0 Å². The molecule has 6 nitrogen and oxygen atoms in total. The minimum Gasteiger partial charge on any atom is -0.462 e. The summed E-state index contributed by atoms with van der Waals surface area (Å²) >= 11 is 1.28.